The minimum atomic E-state index is -1.03. The van der Waals surface area contributed by atoms with Gasteiger partial charge in [-0.1, -0.05) is 165 Å². The first-order valence-electron chi connectivity index (χ1n) is 24.1. The number of para-hydroxylation sites is 1. The van der Waals surface area contributed by atoms with Crippen LogP contribution in [0.4, 0.5) is 8.78 Å². The van der Waals surface area contributed by atoms with Gasteiger partial charge in [0, 0.05) is 83.2 Å². The van der Waals surface area contributed by atoms with Crippen molar-refractivity contribution in [3.63, 3.8) is 0 Å². The predicted molar refractivity (Wildman–Crippen MR) is 286 cm³/mol. The third-order valence-corrected chi connectivity index (χ3v) is 16.2. The summed E-state index contributed by atoms with van der Waals surface area (Å²) in [5, 5.41) is 5.81. The molecule has 5 aliphatic rings. The minimum Gasteiger partial charge on any atom is -0.473 e. The van der Waals surface area contributed by atoms with E-state index in [9.17, 15) is 0 Å². The van der Waals surface area contributed by atoms with Crippen LogP contribution in [0.2, 0.25) is 0 Å². The molecular weight excluding hydrogens is 897 g/mol. The maximum absolute atomic E-state index is 15.5. The molecule has 3 nitrogen and oxygen atoms in total. The molecule has 8 aromatic carbocycles. The van der Waals surface area contributed by atoms with E-state index in [1.54, 1.807) is 29.5 Å². The zero-order valence-electron chi connectivity index (χ0n) is 38.5. The number of ether oxygens (including phenoxy) is 2. The summed E-state index contributed by atoms with van der Waals surface area (Å²) >= 11 is 1.73. The van der Waals surface area contributed by atoms with Crippen LogP contribution in [0.3, 0.4) is 0 Å². The Morgan fingerprint density at radius 3 is 2.15 bits per heavy atom. The molecule has 10 aromatic rings. The van der Waals surface area contributed by atoms with E-state index < -0.39 is 11.0 Å². The van der Waals surface area contributed by atoms with Crippen molar-refractivity contribution in [1.82, 2.24) is 4.98 Å². The van der Waals surface area contributed by atoms with Crippen molar-refractivity contribution in [3.8, 4) is 22.6 Å². The molecular formula is C65H43F2NO2S. The second-order valence-electron chi connectivity index (χ2n) is 19.0. The largest absolute Gasteiger partial charge is 0.473 e. The number of hydrogen-bond donors (Lipinski definition) is 1. The minimum absolute atomic E-state index is 0.216. The number of aromatic amines is 1. The van der Waals surface area contributed by atoms with E-state index in [0.29, 0.717) is 11.1 Å². The van der Waals surface area contributed by atoms with Crippen molar-refractivity contribution in [2.24, 2.45) is 0 Å². The van der Waals surface area contributed by atoms with E-state index >= 15 is 8.78 Å². The average Bonchev–Trinajstić information content (AvgIpc) is 4.23. The normalized spacial score (nSPS) is 19.6. The molecule has 6 heteroatoms. The Bertz CT molecular complexity index is 4020. The second-order valence-corrected chi connectivity index (χ2v) is 19.9. The lowest BCUT2D eigenvalue weighted by Crippen LogP contribution is -2.35. The third-order valence-electron chi connectivity index (χ3n) is 15.2. The molecule has 0 fully saturated rings. The fourth-order valence-corrected chi connectivity index (χ4v) is 12.9. The molecule has 0 spiro atoms. The van der Waals surface area contributed by atoms with Gasteiger partial charge in [0.2, 0.25) is 0 Å². The number of rotatable bonds is 4. The molecule has 3 unspecified atom stereocenters. The summed E-state index contributed by atoms with van der Waals surface area (Å²) in [5.41, 5.74) is 15.3. The van der Waals surface area contributed by atoms with Crippen LogP contribution in [0.5, 0.6) is 11.5 Å². The van der Waals surface area contributed by atoms with Gasteiger partial charge >= 0.3 is 0 Å². The summed E-state index contributed by atoms with van der Waals surface area (Å²) in [6.45, 7) is 2.22. The molecule has 0 amide bonds. The summed E-state index contributed by atoms with van der Waals surface area (Å²) < 4.78 is 45.2. The zero-order valence-corrected chi connectivity index (χ0v) is 39.4. The molecule has 0 radical (unpaired) electrons. The maximum Gasteiger partial charge on any atom is 0.180 e. The topological polar surface area (TPSA) is 34.2 Å². The molecule has 340 valence electrons. The Kier molecular flexibility index (Phi) is 9.30. The van der Waals surface area contributed by atoms with Crippen molar-refractivity contribution in [3.05, 3.63) is 279 Å². The Morgan fingerprint density at radius 2 is 1.35 bits per heavy atom. The average molecular weight is 940 g/mol. The summed E-state index contributed by atoms with van der Waals surface area (Å²) in [7, 11) is 0. The van der Waals surface area contributed by atoms with Crippen LogP contribution in [0.15, 0.2) is 211 Å². The van der Waals surface area contributed by atoms with Crippen LogP contribution in [0, 0.1) is 11.6 Å². The molecule has 3 aliphatic carbocycles. The van der Waals surface area contributed by atoms with E-state index in [1.807, 2.05) is 85.1 Å². The smallest absolute Gasteiger partial charge is 0.180 e. The standard InChI is InChI=1S/C35H24FNO.C30H19FOS/c1-21-16-18-38-34-25-19-22-15-17-35(23-9-3-2-4-10-23,27-12-6-7-13-28(27)36)20-26(22)31(25)33-32(30(21)34)24-11-5-8-14-29(24)37-33;31-26-13-7-6-12-25(26)30(20-9-2-1-3-10-20)16-14-23-28(32-30)24-18-19-8-4-5-11-21(19)27(24)22-15-17-33-29(22)23/h2-21,37H,1H3;1-17H,18H2. The lowest BCUT2D eigenvalue weighted by molar-refractivity contribution is 0.155. The highest BCUT2D eigenvalue weighted by atomic mass is 32.1. The number of aromatic nitrogens is 1. The molecule has 0 saturated heterocycles. The summed E-state index contributed by atoms with van der Waals surface area (Å²) in [4.78, 5) is 3.75. The van der Waals surface area contributed by atoms with Gasteiger partial charge in [-0.2, -0.15) is 0 Å². The quantitative estimate of drug-likeness (QED) is 0.191. The molecule has 3 atom stereocenters. The van der Waals surface area contributed by atoms with Crippen molar-refractivity contribution < 1.29 is 18.3 Å². The summed E-state index contributed by atoms with van der Waals surface area (Å²) in [5.74, 6) is 1.52. The number of allylic oxidation sites excluding steroid dienone is 6. The Morgan fingerprint density at radius 1 is 0.648 bits per heavy atom. The van der Waals surface area contributed by atoms with Gasteiger partial charge in [0.15, 0.2) is 5.60 Å². The maximum atomic E-state index is 15.5. The van der Waals surface area contributed by atoms with E-state index in [2.05, 4.69) is 120 Å². The van der Waals surface area contributed by atoms with Crippen LogP contribution in [-0.4, -0.2) is 4.98 Å². The van der Waals surface area contributed by atoms with E-state index in [0.717, 1.165) is 67.9 Å². The van der Waals surface area contributed by atoms with E-state index in [-0.39, 0.29) is 17.6 Å². The second kappa shape index (κ2) is 15.9. The van der Waals surface area contributed by atoms with Crippen LogP contribution in [0.1, 0.15) is 68.5 Å². The number of benzene rings is 8. The van der Waals surface area contributed by atoms with Gasteiger partial charge in [0.05, 0.1) is 17.2 Å². The highest BCUT2D eigenvalue weighted by Gasteiger charge is 2.43. The van der Waals surface area contributed by atoms with Gasteiger partial charge in [-0.15, -0.1) is 11.3 Å². The molecule has 15 rings (SSSR count). The first-order chi connectivity index (χ1) is 34.9. The first kappa shape index (κ1) is 41.6. The molecule has 2 aromatic heterocycles. The van der Waals surface area contributed by atoms with Crippen LogP contribution in [0.25, 0.3) is 60.7 Å². The SMILES string of the molecule is CC1C=COc2c3c(c4[nH]c5ccccc5c4c21)C1=CC(c2ccccc2)(c2ccccc2F)C=CC1=C3.Fc1ccccc1C1(c2ccccc2)C=Cc2c(c3c(c4ccsc24)-c2ccccc2C3)O1. The van der Waals surface area contributed by atoms with Gasteiger partial charge in [0.25, 0.3) is 0 Å². The predicted octanol–water partition coefficient (Wildman–Crippen LogP) is 16.8. The van der Waals surface area contributed by atoms with E-state index in [4.69, 9.17) is 9.47 Å². The van der Waals surface area contributed by atoms with Crippen LogP contribution < -0.4 is 9.47 Å². The molecule has 4 heterocycles. The van der Waals surface area contributed by atoms with Gasteiger partial charge in [0.1, 0.15) is 23.1 Å². The molecule has 71 heavy (non-hydrogen) atoms. The fraction of sp³-hybridized carbons (Fsp3) is 0.0769. The van der Waals surface area contributed by atoms with Crippen molar-refractivity contribution >= 4 is 61.0 Å². The van der Waals surface area contributed by atoms with Crippen molar-refractivity contribution in [2.45, 2.75) is 30.3 Å². The third kappa shape index (κ3) is 6.11. The number of hydrogen-bond acceptors (Lipinski definition) is 3. The number of H-pyrrole nitrogens is 1. The van der Waals surface area contributed by atoms with Crippen molar-refractivity contribution in [1.29, 1.82) is 0 Å². The highest BCUT2D eigenvalue weighted by molar-refractivity contribution is 7.17. The molecule has 1 N–H and O–H groups in total. The fourth-order valence-electron chi connectivity index (χ4n) is 12.0. The van der Waals surface area contributed by atoms with Gasteiger partial charge in [-0.05, 0) is 87.3 Å². The monoisotopic (exact) mass is 939 g/mol. The summed E-state index contributed by atoms with van der Waals surface area (Å²) in [6, 6.07) is 53.5. The van der Waals surface area contributed by atoms with Crippen LogP contribution >= 0.6 is 11.3 Å². The molecule has 0 bridgehead atoms. The van der Waals surface area contributed by atoms with Crippen molar-refractivity contribution in [2.75, 3.05) is 0 Å². The van der Waals surface area contributed by atoms with Gasteiger partial charge < -0.3 is 14.5 Å². The Hall–Kier alpha value is -8.32. The highest BCUT2D eigenvalue weighted by Crippen LogP contribution is 2.57. The lowest BCUT2D eigenvalue weighted by Gasteiger charge is -2.37. The van der Waals surface area contributed by atoms with Gasteiger partial charge in [-0.3, -0.25) is 0 Å². The molecule has 2 aliphatic heterocycles. The number of thiophene rings is 1. The number of nitrogens with one attached hydrogen (secondary N) is 1. The molecule has 0 saturated carbocycles. The first-order valence-corrected chi connectivity index (χ1v) is 25.0. The Balaban J connectivity index is 0.000000134. The summed E-state index contributed by atoms with van der Waals surface area (Å²) in [6.07, 6.45) is 17.7. The zero-order chi connectivity index (χ0) is 47.4. The number of fused-ring (bicyclic) bond motifs is 18. The Labute approximate surface area is 413 Å². The van der Waals surface area contributed by atoms with Gasteiger partial charge in [-0.25, -0.2) is 8.78 Å². The lowest BCUT2D eigenvalue weighted by atomic mass is 9.69. The van der Waals surface area contributed by atoms with E-state index in [1.165, 1.54) is 54.7 Å². The number of halogens is 2. The van der Waals surface area contributed by atoms with Crippen LogP contribution in [-0.2, 0) is 17.4 Å².